The van der Waals surface area contributed by atoms with Crippen molar-refractivity contribution < 1.29 is 0 Å². The number of nitrogens with one attached hydrogen (secondary N) is 1. The van der Waals surface area contributed by atoms with E-state index in [-0.39, 0.29) is 5.84 Å². The highest BCUT2D eigenvalue weighted by Gasteiger charge is 2.04. The molecule has 1 atom stereocenters. The molecule has 1 aromatic rings. The number of amidine groups is 1. The number of rotatable bonds is 3. The van der Waals surface area contributed by atoms with Gasteiger partial charge in [0.05, 0.1) is 11.8 Å². The second-order valence-electron chi connectivity index (χ2n) is 2.88. The van der Waals surface area contributed by atoms with Crippen molar-refractivity contribution in [3.8, 4) is 0 Å². The maximum absolute atomic E-state index is 7.17. The molecule has 0 aliphatic rings. The first-order valence-electron chi connectivity index (χ1n) is 4.03. The zero-order valence-corrected chi connectivity index (χ0v) is 7.41. The summed E-state index contributed by atoms with van der Waals surface area (Å²) in [5.74, 6) is 0.0737. The van der Waals surface area contributed by atoms with E-state index in [1.165, 1.54) is 0 Å². The van der Waals surface area contributed by atoms with Gasteiger partial charge in [0.1, 0.15) is 5.84 Å². The number of aromatic nitrogens is 2. The smallest absolute Gasteiger partial charge is 0.125 e. The van der Waals surface area contributed by atoms with Crippen LogP contribution < -0.4 is 5.73 Å². The van der Waals surface area contributed by atoms with Gasteiger partial charge in [0, 0.05) is 12.2 Å². The number of hydrogen-bond donors (Lipinski definition) is 2. The fourth-order valence-electron chi connectivity index (χ4n) is 0.905. The lowest BCUT2D eigenvalue weighted by molar-refractivity contribution is 0.478. The summed E-state index contributed by atoms with van der Waals surface area (Å²) in [6.07, 6.45) is 4.45. The molecule has 12 heavy (non-hydrogen) atoms. The van der Waals surface area contributed by atoms with Gasteiger partial charge in [0.25, 0.3) is 0 Å². The van der Waals surface area contributed by atoms with Crippen LogP contribution in [0.1, 0.15) is 31.9 Å². The number of hydrogen-bond acceptors (Lipinski definition) is 2. The van der Waals surface area contributed by atoms with Gasteiger partial charge in [-0.25, -0.2) is 0 Å². The first-order valence-corrected chi connectivity index (χ1v) is 4.03. The normalized spacial score (nSPS) is 12.8. The maximum atomic E-state index is 7.17. The molecule has 0 aliphatic carbocycles. The second kappa shape index (κ2) is 3.38. The van der Waals surface area contributed by atoms with E-state index in [1.54, 1.807) is 12.4 Å². The van der Waals surface area contributed by atoms with Gasteiger partial charge in [-0.1, -0.05) is 6.92 Å². The van der Waals surface area contributed by atoms with E-state index in [9.17, 15) is 0 Å². The maximum Gasteiger partial charge on any atom is 0.125 e. The molecule has 0 bridgehead atoms. The molecule has 0 fully saturated rings. The molecule has 1 aromatic heterocycles. The SMILES string of the molecule is CCC(C)n1cc(C(=N)N)cn1. The molecule has 0 spiro atoms. The Hall–Kier alpha value is -1.32. The third-order valence-corrected chi connectivity index (χ3v) is 1.95. The van der Waals surface area contributed by atoms with Gasteiger partial charge in [-0.3, -0.25) is 10.1 Å². The quantitative estimate of drug-likeness (QED) is 0.522. The Morgan fingerprint density at radius 1 is 1.83 bits per heavy atom. The van der Waals surface area contributed by atoms with Crippen molar-refractivity contribution in [3.63, 3.8) is 0 Å². The van der Waals surface area contributed by atoms with Crippen molar-refractivity contribution in [1.82, 2.24) is 9.78 Å². The molecule has 4 nitrogen and oxygen atoms in total. The minimum atomic E-state index is 0.0737. The van der Waals surface area contributed by atoms with Crippen LogP contribution in [0.4, 0.5) is 0 Å². The Kier molecular flexibility index (Phi) is 2.47. The highest BCUT2D eigenvalue weighted by atomic mass is 15.3. The zero-order valence-electron chi connectivity index (χ0n) is 7.41. The van der Waals surface area contributed by atoms with Crippen molar-refractivity contribution in [2.45, 2.75) is 26.3 Å². The molecule has 66 valence electrons. The molecule has 0 saturated carbocycles. The van der Waals surface area contributed by atoms with Crippen LogP contribution in [0.3, 0.4) is 0 Å². The summed E-state index contributed by atoms with van der Waals surface area (Å²) in [4.78, 5) is 0. The van der Waals surface area contributed by atoms with Gasteiger partial charge < -0.3 is 5.73 Å². The van der Waals surface area contributed by atoms with Crippen LogP contribution in [-0.4, -0.2) is 15.6 Å². The summed E-state index contributed by atoms with van der Waals surface area (Å²) >= 11 is 0. The van der Waals surface area contributed by atoms with Crippen molar-refractivity contribution >= 4 is 5.84 Å². The molecule has 4 heteroatoms. The molecule has 1 heterocycles. The lowest BCUT2D eigenvalue weighted by Gasteiger charge is -2.07. The van der Waals surface area contributed by atoms with E-state index in [0.717, 1.165) is 6.42 Å². The van der Waals surface area contributed by atoms with Crippen LogP contribution in [0.25, 0.3) is 0 Å². The van der Waals surface area contributed by atoms with Crippen LogP contribution in [0, 0.1) is 5.41 Å². The number of nitrogen functional groups attached to an aromatic ring is 1. The molecule has 1 unspecified atom stereocenters. The van der Waals surface area contributed by atoms with E-state index >= 15 is 0 Å². The summed E-state index contributed by atoms with van der Waals surface area (Å²) in [5, 5.41) is 11.3. The molecule has 0 aromatic carbocycles. The van der Waals surface area contributed by atoms with Crippen LogP contribution >= 0.6 is 0 Å². The first-order chi connectivity index (χ1) is 5.65. The van der Waals surface area contributed by atoms with Crippen molar-refractivity contribution in [2.24, 2.45) is 5.73 Å². The highest BCUT2D eigenvalue weighted by molar-refractivity contribution is 5.94. The Bertz CT molecular complexity index is 276. The van der Waals surface area contributed by atoms with Gasteiger partial charge in [-0.05, 0) is 13.3 Å². The lowest BCUT2D eigenvalue weighted by atomic mass is 10.3. The summed E-state index contributed by atoms with van der Waals surface area (Å²) in [5.41, 5.74) is 5.99. The lowest BCUT2D eigenvalue weighted by Crippen LogP contribution is -2.10. The van der Waals surface area contributed by atoms with Crippen molar-refractivity contribution in [3.05, 3.63) is 18.0 Å². The fourth-order valence-corrected chi connectivity index (χ4v) is 0.905. The minimum Gasteiger partial charge on any atom is -0.384 e. The Balaban J connectivity index is 2.84. The van der Waals surface area contributed by atoms with Gasteiger partial charge >= 0.3 is 0 Å². The van der Waals surface area contributed by atoms with Crippen LogP contribution in [-0.2, 0) is 0 Å². The average Bonchev–Trinajstić information content (AvgIpc) is 2.51. The average molecular weight is 166 g/mol. The van der Waals surface area contributed by atoms with E-state index in [4.69, 9.17) is 11.1 Å². The van der Waals surface area contributed by atoms with Gasteiger partial charge in [0.15, 0.2) is 0 Å². The summed E-state index contributed by atoms with van der Waals surface area (Å²) in [6, 6.07) is 0.373. The Morgan fingerprint density at radius 3 is 2.92 bits per heavy atom. The topological polar surface area (TPSA) is 67.7 Å². The summed E-state index contributed by atoms with van der Waals surface area (Å²) in [7, 11) is 0. The van der Waals surface area contributed by atoms with Crippen molar-refractivity contribution in [2.75, 3.05) is 0 Å². The Labute approximate surface area is 71.9 Å². The van der Waals surface area contributed by atoms with Gasteiger partial charge in [-0.15, -0.1) is 0 Å². The largest absolute Gasteiger partial charge is 0.384 e. The van der Waals surface area contributed by atoms with Crippen LogP contribution in [0.5, 0.6) is 0 Å². The fraction of sp³-hybridized carbons (Fsp3) is 0.500. The molecule has 0 amide bonds. The molecule has 0 aliphatic heterocycles. The van der Waals surface area contributed by atoms with E-state index in [2.05, 4.69) is 18.9 Å². The molecular formula is C8H14N4. The monoisotopic (exact) mass is 166 g/mol. The third-order valence-electron chi connectivity index (χ3n) is 1.95. The third kappa shape index (κ3) is 1.64. The predicted molar refractivity (Wildman–Crippen MR) is 48.2 cm³/mol. The second-order valence-corrected chi connectivity index (χ2v) is 2.88. The standard InChI is InChI=1S/C8H14N4/c1-3-6(2)12-5-7(4-11-12)8(9)10/h4-6H,3H2,1-2H3,(H3,9,10). The highest BCUT2D eigenvalue weighted by Crippen LogP contribution is 2.08. The van der Waals surface area contributed by atoms with E-state index in [0.29, 0.717) is 11.6 Å². The van der Waals surface area contributed by atoms with E-state index in [1.807, 2.05) is 4.68 Å². The van der Waals surface area contributed by atoms with E-state index < -0.39 is 0 Å². The zero-order chi connectivity index (χ0) is 9.14. The molecule has 1 rings (SSSR count). The predicted octanol–water partition coefficient (Wildman–Crippen LogP) is 1.14. The van der Waals surface area contributed by atoms with Gasteiger partial charge in [-0.2, -0.15) is 5.10 Å². The summed E-state index contributed by atoms with van der Waals surface area (Å²) in [6.45, 7) is 4.18. The van der Waals surface area contributed by atoms with Gasteiger partial charge in [0.2, 0.25) is 0 Å². The minimum absolute atomic E-state index is 0.0737. The first kappa shape index (κ1) is 8.77. The molecule has 0 saturated heterocycles. The van der Waals surface area contributed by atoms with Crippen LogP contribution in [0.15, 0.2) is 12.4 Å². The molecule has 0 radical (unpaired) electrons. The number of nitrogens with two attached hydrogens (primary N) is 1. The molecule has 3 N–H and O–H groups in total. The molecular weight excluding hydrogens is 152 g/mol. The Morgan fingerprint density at radius 2 is 2.50 bits per heavy atom. The van der Waals surface area contributed by atoms with Crippen molar-refractivity contribution in [1.29, 1.82) is 5.41 Å². The summed E-state index contributed by atoms with van der Waals surface area (Å²) < 4.78 is 1.83. The van der Waals surface area contributed by atoms with Crippen LogP contribution in [0.2, 0.25) is 0 Å². The number of nitrogens with zero attached hydrogens (tertiary/aromatic N) is 2.